The van der Waals surface area contributed by atoms with Crippen LogP contribution in [0.4, 0.5) is 0 Å². The van der Waals surface area contributed by atoms with E-state index in [1.807, 2.05) is 0 Å². The minimum Gasteiger partial charge on any atom is -0.0840 e. The van der Waals surface area contributed by atoms with Gasteiger partial charge in [0.2, 0.25) is 0 Å². The zero-order valence-corrected chi connectivity index (χ0v) is 10.2. The predicted octanol–water partition coefficient (Wildman–Crippen LogP) is 4.98. The highest BCUT2D eigenvalue weighted by Gasteiger charge is 2.08. The molecule has 0 radical (unpaired) electrons. The third-order valence-electron chi connectivity index (χ3n) is 2.83. The van der Waals surface area contributed by atoms with Gasteiger partial charge in [0, 0.05) is 5.02 Å². The van der Waals surface area contributed by atoms with Gasteiger partial charge in [0.1, 0.15) is 0 Å². The lowest BCUT2D eigenvalue weighted by molar-refractivity contribution is 0.732. The van der Waals surface area contributed by atoms with Crippen LogP contribution in [-0.2, 0) is 0 Å². The molecule has 0 amide bonds. The topological polar surface area (TPSA) is 0 Å². The van der Waals surface area contributed by atoms with Crippen molar-refractivity contribution in [3.63, 3.8) is 0 Å². The van der Waals surface area contributed by atoms with Crippen molar-refractivity contribution in [2.24, 2.45) is 0 Å². The van der Waals surface area contributed by atoms with Crippen LogP contribution < -0.4 is 0 Å². The Balaban J connectivity index is 3.00. The molecule has 0 fully saturated rings. The van der Waals surface area contributed by atoms with Gasteiger partial charge < -0.3 is 0 Å². The SMILES string of the molecule is CC[C@H](C)c1ccc(C(C)C)c(Cl)c1. The first-order chi connectivity index (χ1) is 6.56. The maximum atomic E-state index is 6.23. The Kier molecular flexibility index (Phi) is 4.00. The maximum Gasteiger partial charge on any atom is 0.0443 e. The normalized spacial score (nSPS) is 13.3. The molecule has 0 saturated heterocycles. The van der Waals surface area contributed by atoms with E-state index in [0.717, 1.165) is 11.4 Å². The zero-order valence-electron chi connectivity index (χ0n) is 9.47. The van der Waals surface area contributed by atoms with Crippen molar-refractivity contribution in [3.8, 4) is 0 Å². The van der Waals surface area contributed by atoms with Gasteiger partial charge in [-0.2, -0.15) is 0 Å². The van der Waals surface area contributed by atoms with Gasteiger partial charge >= 0.3 is 0 Å². The summed E-state index contributed by atoms with van der Waals surface area (Å²) in [6, 6.07) is 6.48. The van der Waals surface area contributed by atoms with Gasteiger partial charge in [-0.05, 0) is 35.4 Å². The molecule has 0 spiro atoms. The molecule has 78 valence electrons. The summed E-state index contributed by atoms with van der Waals surface area (Å²) < 4.78 is 0. The maximum absolute atomic E-state index is 6.23. The molecular formula is C13H19Cl. The molecule has 0 aliphatic carbocycles. The Bertz CT molecular complexity index is 302. The molecule has 1 aromatic rings. The Morgan fingerprint density at radius 2 is 1.86 bits per heavy atom. The fourth-order valence-electron chi connectivity index (χ4n) is 1.55. The third kappa shape index (κ3) is 2.51. The average Bonchev–Trinajstić information content (AvgIpc) is 2.15. The summed E-state index contributed by atoms with van der Waals surface area (Å²) >= 11 is 6.23. The largest absolute Gasteiger partial charge is 0.0840 e. The highest BCUT2D eigenvalue weighted by Crippen LogP contribution is 2.28. The van der Waals surface area contributed by atoms with Crippen molar-refractivity contribution in [2.45, 2.75) is 46.0 Å². The first kappa shape index (κ1) is 11.6. The number of rotatable bonds is 3. The van der Waals surface area contributed by atoms with Crippen molar-refractivity contribution in [1.29, 1.82) is 0 Å². The van der Waals surface area contributed by atoms with E-state index in [4.69, 9.17) is 11.6 Å². The highest BCUT2D eigenvalue weighted by atomic mass is 35.5. The molecule has 1 aromatic carbocycles. The van der Waals surface area contributed by atoms with Crippen LogP contribution in [-0.4, -0.2) is 0 Å². The standard InChI is InChI=1S/C13H19Cl/c1-5-10(4)11-6-7-12(9(2)3)13(14)8-11/h6-10H,5H2,1-4H3/t10-/m0/s1. The van der Waals surface area contributed by atoms with Crippen molar-refractivity contribution in [2.75, 3.05) is 0 Å². The minimum absolute atomic E-state index is 0.508. The minimum atomic E-state index is 0.508. The number of halogens is 1. The molecule has 14 heavy (non-hydrogen) atoms. The third-order valence-corrected chi connectivity index (χ3v) is 3.16. The van der Waals surface area contributed by atoms with Gasteiger partial charge in [-0.1, -0.05) is 51.4 Å². The molecule has 0 saturated carbocycles. The lowest BCUT2D eigenvalue weighted by Gasteiger charge is -2.13. The Hall–Kier alpha value is -0.490. The Morgan fingerprint density at radius 3 is 2.29 bits per heavy atom. The van der Waals surface area contributed by atoms with Crippen LogP contribution >= 0.6 is 11.6 Å². The number of hydrogen-bond donors (Lipinski definition) is 0. The van der Waals surface area contributed by atoms with Crippen LogP contribution in [0.5, 0.6) is 0 Å². The van der Waals surface area contributed by atoms with Gasteiger partial charge in [-0.25, -0.2) is 0 Å². The van der Waals surface area contributed by atoms with Crippen molar-refractivity contribution in [1.82, 2.24) is 0 Å². The van der Waals surface area contributed by atoms with E-state index in [0.29, 0.717) is 11.8 Å². The van der Waals surface area contributed by atoms with E-state index in [-0.39, 0.29) is 0 Å². The molecule has 0 aromatic heterocycles. The highest BCUT2D eigenvalue weighted by molar-refractivity contribution is 6.31. The fraction of sp³-hybridized carbons (Fsp3) is 0.538. The number of benzene rings is 1. The molecule has 0 aliphatic rings. The van der Waals surface area contributed by atoms with Gasteiger partial charge in [0.25, 0.3) is 0 Å². The van der Waals surface area contributed by atoms with E-state index in [1.54, 1.807) is 0 Å². The molecular weight excluding hydrogens is 192 g/mol. The van der Waals surface area contributed by atoms with Crippen LogP contribution in [0.3, 0.4) is 0 Å². The average molecular weight is 211 g/mol. The first-order valence-corrected chi connectivity index (χ1v) is 5.73. The van der Waals surface area contributed by atoms with Crippen LogP contribution in [0.2, 0.25) is 5.02 Å². The van der Waals surface area contributed by atoms with E-state index >= 15 is 0 Å². The quantitative estimate of drug-likeness (QED) is 0.661. The second-order valence-corrected chi connectivity index (χ2v) is 4.65. The van der Waals surface area contributed by atoms with Crippen molar-refractivity contribution >= 4 is 11.6 Å². The van der Waals surface area contributed by atoms with Crippen LogP contribution in [0, 0.1) is 0 Å². The molecule has 1 heteroatoms. The molecule has 0 unspecified atom stereocenters. The molecule has 0 aliphatic heterocycles. The Labute approximate surface area is 92.3 Å². The van der Waals surface area contributed by atoms with Gasteiger partial charge in [-0.15, -0.1) is 0 Å². The molecule has 0 bridgehead atoms. The summed E-state index contributed by atoms with van der Waals surface area (Å²) in [7, 11) is 0. The second kappa shape index (κ2) is 4.84. The van der Waals surface area contributed by atoms with E-state index in [2.05, 4.69) is 45.9 Å². The summed E-state index contributed by atoms with van der Waals surface area (Å²) in [4.78, 5) is 0. The fourth-order valence-corrected chi connectivity index (χ4v) is 1.96. The van der Waals surface area contributed by atoms with Crippen LogP contribution in [0.25, 0.3) is 0 Å². The summed E-state index contributed by atoms with van der Waals surface area (Å²) in [5.74, 6) is 1.11. The van der Waals surface area contributed by atoms with Crippen LogP contribution in [0.1, 0.15) is 57.1 Å². The van der Waals surface area contributed by atoms with Gasteiger partial charge in [0.15, 0.2) is 0 Å². The summed E-state index contributed by atoms with van der Waals surface area (Å²) in [6.07, 6.45) is 1.16. The predicted molar refractivity (Wildman–Crippen MR) is 64.2 cm³/mol. The van der Waals surface area contributed by atoms with E-state index in [1.165, 1.54) is 11.1 Å². The zero-order chi connectivity index (χ0) is 10.7. The van der Waals surface area contributed by atoms with E-state index < -0.39 is 0 Å². The first-order valence-electron chi connectivity index (χ1n) is 5.35. The Morgan fingerprint density at radius 1 is 1.21 bits per heavy atom. The molecule has 0 heterocycles. The smallest absolute Gasteiger partial charge is 0.0443 e. The molecule has 1 atom stereocenters. The summed E-state index contributed by atoms with van der Waals surface area (Å²) in [5.41, 5.74) is 2.60. The molecule has 0 nitrogen and oxygen atoms in total. The van der Waals surface area contributed by atoms with Crippen molar-refractivity contribution < 1.29 is 0 Å². The van der Waals surface area contributed by atoms with Crippen molar-refractivity contribution in [3.05, 3.63) is 34.3 Å². The lowest BCUT2D eigenvalue weighted by Crippen LogP contribution is -1.94. The number of hydrogen-bond acceptors (Lipinski definition) is 0. The summed E-state index contributed by atoms with van der Waals surface area (Å²) in [5, 5.41) is 0.915. The van der Waals surface area contributed by atoms with Gasteiger partial charge in [-0.3, -0.25) is 0 Å². The van der Waals surface area contributed by atoms with Gasteiger partial charge in [0.05, 0.1) is 0 Å². The lowest BCUT2D eigenvalue weighted by atomic mass is 9.95. The van der Waals surface area contributed by atoms with E-state index in [9.17, 15) is 0 Å². The van der Waals surface area contributed by atoms with Crippen LogP contribution in [0.15, 0.2) is 18.2 Å². The molecule has 1 rings (SSSR count). The summed E-state index contributed by atoms with van der Waals surface area (Å²) in [6.45, 7) is 8.78. The molecule has 0 N–H and O–H groups in total. The monoisotopic (exact) mass is 210 g/mol. The second-order valence-electron chi connectivity index (χ2n) is 4.24.